The molecule has 0 aliphatic heterocycles. The number of aromatic nitrogens is 1. The van der Waals surface area contributed by atoms with E-state index in [2.05, 4.69) is 20.9 Å². The lowest BCUT2D eigenvalue weighted by molar-refractivity contribution is 0.320. The van der Waals surface area contributed by atoms with Gasteiger partial charge in [-0.05, 0) is 47.5 Å². The molecule has 1 atom stereocenters. The molecule has 2 aromatic rings. The normalized spacial score (nSPS) is 12.4. The van der Waals surface area contributed by atoms with Crippen LogP contribution in [0.5, 0.6) is 5.75 Å². The van der Waals surface area contributed by atoms with Crippen molar-refractivity contribution in [3.8, 4) is 5.75 Å². The molecule has 1 aromatic heterocycles. The van der Waals surface area contributed by atoms with Crippen LogP contribution in [0.3, 0.4) is 0 Å². The number of halogens is 1. The lowest BCUT2D eigenvalue weighted by Gasteiger charge is -2.11. The summed E-state index contributed by atoms with van der Waals surface area (Å²) in [5.41, 5.74) is 9.91. The summed E-state index contributed by atoms with van der Waals surface area (Å²) in [5, 5.41) is 0. The van der Waals surface area contributed by atoms with Crippen molar-refractivity contribution in [3.05, 3.63) is 44.3 Å². The lowest BCUT2D eigenvalue weighted by atomic mass is 10.1. The van der Waals surface area contributed by atoms with Gasteiger partial charge in [0.25, 0.3) is 0 Å². The summed E-state index contributed by atoms with van der Waals surface area (Å²) >= 11 is 5.19. The molecule has 0 radical (unpaired) electrons. The maximum atomic E-state index is 5.85. The van der Waals surface area contributed by atoms with Gasteiger partial charge in [0.1, 0.15) is 5.75 Å². The van der Waals surface area contributed by atoms with Crippen molar-refractivity contribution in [2.75, 3.05) is 6.61 Å². The largest absolute Gasteiger partial charge is 0.492 e. The first kappa shape index (κ1) is 14.5. The van der Waals surface area contributed by atoms with Crippen molar-refractivity contribution in [2.24, 2.45) is 5.73 Å². The number of nitrogens with two attached hydrogens (primary N) is 1. The molecule has 0 bridgehead atoms. The minimum Gasteiger partial charge on any atom is -0.492 e. The number of thiazole rings is 1. The zero-order valence-electron chi connectivity index (χ0n) is 11.0. The van der Waals surface area contributed by atoms with E-state index in [0.717, 1.165) is 27.9 Å². The molecular weight excluding hydrogens is 324 g/mol. The van der Waals surface area contributed by atoms with Crippen LogP contribution in [0.4, 0.5) is 0 Å². The number of nitrogens with zero attached hydrogens (tertiary/aromatic N) is 1. The predicted octanol–water partition coefficient (Wildman–Crippen LogP) is 3.86. The van der Waals surface area contributed by atoms with Crippen LogP contribution in [0.1, 0.15) is 29.1 Å². The van der Waals surface area contributed by atoms with Crippen molar-refractivity contribution in [2.45, 2.75) is 26.3 Å². The van der Waals surface area contributed by atoms with E-state index in [9.17, 15) is 0 Å². The van der Waals surface area contributed by atoms with Crippen molar-refractivity contribution >= 4 is 27.3 Å². The Hall–Kier alpha value is -0.910. The van der Waals surface area contributed by atoms with Gasteiger partial charge in [-0.15, -0.1) is 11.3 Å². The van der Waals surface area contributed by atoms with Crippen molar-refractivity contribution in [3.63, 3.8) is 0 Å². The molecule has 2 rings (SSSR count). The molecule has 0 amide bonds. The van der Waals surface area contributed by atoms with E-state index in [0.29, 0.717) is 6.61 Å². The summed E-state index contributed by atoms with van der Waals surface area (Å²) in [6, 6.07) is 6.01. The number of aryl methyl sites for hydroxylation is 1. The number of hydrogen-bond donors (Lipinski definition) is 1. The molecule has 0 saturated heterocycles. The van der Waals surface area contributed by atoms with Crippen LogP contribution in [0, 0.1) is 6.92 Å². The zero-order chi connectivity index (χ0) is 13.8. The number of rotatable bonds is 5. The highest BCUT2D eigenvalue weighted by Gasteiger charge is 2.06. The van der Waals surface area contributed by atoms with E-state index in [4.69, 9.17) is 10.5 Å². The summed E-state index contributed by atoms with van der Waals surface area (Å²) in [4.78, 5) is 5.51. The van der Waals surface area contributed by atoms with Crippen LogP contribution in [0.2, 0.25) is 0 Å². The summed E-state index contributed by atoms with van der Waals surface area (Å²) in [6.07, 6.45) is 0.887. The fourth-order valence-electron chi connectivity index (χ4n) is 1.74. The van der Waals surface area contributed by atoms with Gasteiger partial charge in [-0.1, -0.05) is 6.07 Å². The second-order valence-electron chi connectivity index (χ2n) is 4.44. The Balaban J connectivity index is 1.95. The van der Waals surface area contributed by atoms with Crippen molar-refractivity contribution in [1.29, 1.82) is 0 Å². The van der Waals surface area contributed by atoms with Gasteiger partial charge in [0, 0.05) is 17.3 Å². The summed E-state index contributed by atoms with van der Waals surface area (Å²) < 4.78 is 6.74. The van der Waals surface area contributed by atoms with E-state index in [1.165, 1.54) is 4.88 Å². The Labute approximate surface area is 125 Å². The van der Waals surface area contributed by atoms with E-state index < -0.39 is 0 Å². The molecule has 1 heterocycles. The molecule has 3 nitrogen and oxygen atoms in total. The molecule has 2 N–H and O–H groups in total. The minimum absolute atomic E-state index is 0.0326. The third kappa shape index (κ3) is 3.78. The molecule has 102 valence electrons. The predicted molar refractivity (Wildman–Crippen MR) is 82.8 cm³/mol. The average Bonchev–Trinajstić information content (AvgIpc) is 2.77. The molecule has 19 heavy (non-hydrogen) atoms. The third-order valence-electron chi connectivity index (χ3n) is 2.91. The Morgan fingerprint density at radius 3 is 2.84 bits per heavy atom. The molecular formula is C14H17BrN2OS. The maximum Gasteiger partial charge on any atom is 0.133 e. The second kappa shape index (κ2) is 6.50. The van der Waals surface area contributed by atoms with Crippen LogP contribution in [-0.4, -0.2) is 11.6 Å². The SMILES string of the molecule is Cc1ncsc1CCOc1ccc(C(C)N)cc1Br. The summed E-state index contributed by atoms with van der Waals surface area (Å²) in [7, 11) is 0. The van der Waals surface area contributed by atoms with Crippen LogP contribution in [0.25, 0.3) is 0 Å². The Kier molecular flexibility index (Phi) is 4.96. The molecule has 0 aliphatic rings. The van der Waals surface area contributed by atoms with Gasteiger partial charge in [0.2, 0.25) is 0 Å². The van der Waals surface area contributed by atoms with Gasteiger partial charge >= 0.3 is 0 Å². The summed E-state index contributed by atoms with van der Waals surface area (Å²) in [5.74, 6) is 0.853. The van der Waals surface area contributed by atoms with Crippen LogP contribution in [0.15, 0.2) is 28.2 Å². The lowest BCUT2D eigenvalue weighted by Crippen LogP contribution is -2.06. The molecule has 0 aliphatic carbocycles. The average molecular weight is 341 g/mol. The molecule has 0 saturated carbocycles. The van der Waals surface area contributed by atoms with E-state index in [1.54, 1.807) is 11.3 Å². The molecule has 5 heteroatoms. The standard InChI is InChI=1S/C14H17BrN2OS/c1-9(16)11-3-4-13(12(15)7-11)18-6-5-14-10(2)17-8-19-14/h3-4,7-9H,5-6,16H2,1-2H3. The fraction of sp³-hybridized carbons (Fsp3) is 0.357. The highest BCUT2D eigenvalue weighted by atomic mass is 79.9. The Bertz CT molecular complexity index is 554. The number of benzene rings is 1. The smallest absolute Gasteiger partial charge is 0.133 e. The molecule has 0 fully saturated rings. The topological polar surface area (TPSA) is 48.1 Å². The van der Waals surface area contributed by atoms with E-state index >= 15 is 0 Å². The minimum atomic E-state index is 0.0326. The summed E-state index contributed by atoms with van der Waals surface area (Å²) in [6.45, 7) is 4.65. The van der Waals surface area contributed by atoms with Crippen LogP contribution in [-0.2, 0) is 6.42 Å². The first-order valence-electron chi connectivity index (χ1n) is 6.14. The van der Waals surface area contributed by atoms with Gasteiger partial charge in [-0.3, -0.25) is 0 Å². The van der Waals surface area contributed by atoms with E-state index in [-0.39, 0.29) is 6.04 Å². The molecule has 0 spiro atoms. The first-order chi connectivity index (χ1) is 9.08. The van der Waals surface area contributed by atoms with Gasteiger partial charge in [0.15, 0.2) is 0 Å². The Morgan fingerprint density at radius 2 is 2.26 bits per heavy atom. The van der Waals surface area contributed by atoms with Gasteiger partial charge in [-0.2, -0.15) is 0 Å². The van der Waals surface area contributed by atoms with Gasteiger partial charge in [0.05, 0.1) is 22.3 Å². The third-order valence-corrected chi connectivity index (χ3v) is 4.53. The Morgan fingerprint density at radius 1 is 1.47 bits per heavy atom. The zero-order valence-corrected chi connectivity index (χ0v) is 13.4. The van der Waals surface area contributed by atoms with Crippen molar-refractivity contribution < 1.29 is 4.74 Å². The second-order valence-corrected chi connectivity index (χ2v) is 6.23. The highest BCUT2D eigenvalue weighted by Crippen LogP contribution is 2.28. The quantitative estimate of drug-likeness (QED) is 0.898. The fourth-order valence-corrected chi connectivity index (χ4v) is 3.01. The van der Waals surface area contributed by atoms with E-state index in [1.807, 2.05) is 37.6 Å². The monoisotopic (exact) mass is 340 g/mol. The highest BCUT2D eigenvalue weighted by molar-refractivity contribution is 9.10. The number of ether oxygens (including phenoxy) is 1. The number of hydrogen-bond acceptors (Lipinski definition) is 4. The van der Waals surface area contributed by atoms with Gasteiger partial charge in [-0.25, -0.2) is 4.98 Å². The molecule has 1 aromatic carbocycles. The van der Waals surface area contributed by atoms with Gasteiger partial charge < -0.3 is 10.5 Å². The molecule has 1 unspecified atom stereocenters. The first-order valence-corrected chi connectivity index (χ1v) is 7.82. The van der Waals surface area contributed by atoms with Crippen LogP contribution < -0.4 is 10.5 Å². The van der Waals surface area contributed by atoms with Crippen molar-refractivity contribution in [1.82, 2.24) is 4.98 Å². The maximum absolute atomic E-state index is 5.85. The van der Waals surface area contributed by atoms with Crippen LogP contribution >= 0.6 is 27.3 Å².